The normalized spacial score (nSPS) is 18.9. The quantitative estimate of drug-likeness (QED) is 0.894. The molecule has 1 aliphatic rings. The van der Waals surface area contributed by atoms with E-state index in [1.165, 1.54) is 10.4 Å². The second kappa shape index (κ2) is 6.07. The number of benzene rings is 1. The van der Waals surface area contributed by atoms with Crippen molar-refractivity contribution >= 4 is 25.7 Å². The predicted octanol–water partition coefficient (Wildman–Crippen LogP) is 2.00. The van der Waals surface area contributed by atoms with E-state index in [0.29, 0.717) is 24.2 Å². The van der Waals surface area contributed by atoms with Crippen molar-refractivity contribution in [2.75, 3.05) is 16.6 Å². The van der Waals surface area contributed by atoms with Crippen molar-refractivity contribution < 1.29 is 16.8 Å². The highest BCUT2D eigenvalue weighted by Crippen LogP contribution is 2.27. The summed E-state index contributed by atoms with van der Waals surface area (Å²) in [6.45, 7) is 7.43. The third-order valence-corrected chi connectivity index (χ3v) is 7.31. The Labute approximate surface area is 139 Å². The minimum absolute atomic E-state index is 0.137. The number of hydrogen-bond donors (Lipinski definition) is 1. The number of nitrogens with one attached hydrogen (secondary N) is 1. The van der Waals surface area contributed by atoms with Crippen LogP contribution < -0.4 is 9.03 Å². The summed E-state index contributed by atoms with van der Waals surface area (Å²) in [6, 6.07) is 4.66. The van der Waals surface area contributed by atoms with Crippen LogP contribution in [0.1, 0.15) is 39.2 Å². The van der Waals surface area contributed by atoms with Crippen molar-refractivity contribution in [3.63, 3.8) is 0 Å². The van der Waals surface area contributed by atoms with Gasteiger partial charge in [0.25, 0.3) is 0 Å². The maximum atomic E-state index is 12.4. The van der Waals surface area contributed by atoms with Gasteiger partial charge in [-0.3, -0.25) is 4.31 Å². The van der Waals surface area contributed by atoms with E-state index in [1.54, 1.807) is 39.8 Å². The molecule has 8 heteroatoms. The van der Waals surface area contributed by atoms with Crippen LogP contribution in [-0.4, -0.2) is 34.7 Å². The zero-order valence-corrected chi connectivity index (χ0v) is 15.6. The Balaban J connectivity index is 2.39. The van der Waals surface area contributed by atoms with Gasteiger partial charge in [0.2, 0.25) is 20.0 Å². The van der Waals surface area contributed by atoms with Crippen molar-refractivity contribution in [1.29, 1.82) is 0 Å². The Morgan fingerprint density at radius 2 is 1.83 bits per heavy atom. The van der Waals surface area contributed by atoms with Gasteiger partial charge in [-0.15, -0.1) is 0 Å². The van der Waals surface area contributed by atoms with Gasteiger partial charge in [0.1, 0.15) is 0 Å². The highest BCUT2D eigenvalue weighted by molar-refractivity contribution is 7.92. The lowest BCUT2D eigenvalue weighted by Crippen LogP contribution is -2.41. The lowest BCUT2D eigenvalue weighted by molar-refractivity contribution is 0.491. The molecular formula is C15H24N2O4S2. The summed E-state index contributed by atoms with van der Waals surface area (Å²) < 4.78 is 53.2. The molecule has 0 atom stereocenters. The fourth-order valence-electron chi connectivity index (χ4n) is 2.63. The van der Waals surface area contributed by atoms with Crippen LogP contribution in [0.2, 0.25) is 0 Å². The molecule has 130 valence electrons. The standard InChI is InChI=1S/C15H24N2O4S2/c1-12-11-13(17-9-5-6-10-22(17,18)19)7-8-14(12)23(20,21)16-15(2,3)4/h7-8,11,16H,5-6,9-10H2,1-4H3. The summed E-state index contributed by atoms with van der Waals surface area (Å²) in [5.74, 6) is 0.137. The third kappa shape index (κ3) is 4.24. The van der Waals surface area contributed by atoms with Gasteiger partial charge < -0.3 is 0 Å². The Bertz CT molecular complexity index is 793. The largest absolute Gasteiger partial charge is 0.270 e. The van der Waals surface area contributed by atoms with E-state index in [9.17, 15) is 16.8 Å². The summed E-state index contributed by atoms with van der Waals surface area (Å²) in [5, 5.41) is 0. The van der Waals surface area contributed by atoms with E-state index in [-0.39, 0.29) is 10.6 Å². The minimum Gasteiger partial charge on any atom is -0.270 e. The zero-order chi connectivity index (χ0) is 17.5. The van der Waals surface area contributed by atoms with Crippen molar-refractivity contribution in [3.05, 3.63) is 23.8 Å². The summed E-state index contributed by atoms with van der Waals surface area (Å²) >= 11 is 0. The molecule has 0 spiro atoms. The highest BCUT2D eigenvalue weighted by atomic mass is 32.2. The lowest BCUT2D eigenvalue weighted by atomic mass is 10.1. The molecule has 0 radical (unpaired) electrons. The number of sulfonamides is 2. The van der Waals surface area contributed by atoms with E-state index in [0.717, 1.165) is 6.42 Å². The highest BCUT2D eigenvalue weighted by Gasteiger charge is 2.28. The molecule has 1 aliphatic heterocycles. The number of rotatable bonds is 3. The first-order valence-corrected chi connectivity index (χ1v) is 10.7. The fraction of sp³-hybridized carbons (Fsp3) is 0.600. The van der Waals surface area contributed by atoms with Crippen molar-refractivity contribution in [2.45, 2.75) is 51.0 Å². The zero-order valence-electron chi connectivity index (χ0n) is 14.0. The summed E-state index contributed by atoms with van der Waals surface area (Å²) in [7, 11) is -6.95. The summed E-state index contributed by atoms with van der Waals surface area (Å²) in [5.41, 5.74) is 0.470. The fourth-order valence-corrected chi connectivity index (χ4v) is 5.90. The Morgan fingerprint density at radius 1 is 1.17 bits per heavy atom. The molecule has 1 saturated heterocycles. The number of anilines is 1. The van der Waals surface area contributed by atoms with E-state index in [1.807, 2.05) is 0 Å². The van der Waals surface area contributed by atoms with E-state index in [2.05, 4.69) is 4.72 Å². The molecule has 0 amide bonds. The van der Waals surface area contributed by atoms with Crippen LogP contribution in [0.15, 0.2) is 23.1 Å². The molecule has 0 aliphatic carbocycles. The predicted molar refractivity (Wildman–Crippen MR) is 91.6 cm³/mol. The van der Waals surface area contributed by atoms with Crippen molar-refractivity contribution in [1.82, 2.24) is 4.72 Å². The van der Waals surface area contributed by atoms with Gasteiger partial charge in [0, 0.05) is 12.1 Å². The topological polar surface area (TPSA) is 83.6 Å². The average molecular weight is 361 g/mol. The van der Waals surface area contributed by atoms with Gasteiger partial charge in [0.15, 0.2) is 0 Å². The van der Waals surface area contributed by atoms with Crippen LogP contribution in [0.4, 0.5) is 5.69 Å². The molecule has 1 aromatic carbocycles. The maximum absolute atomic E-state index is 12.4. The van der Waals surface area contributed by atoms with Gasteiger partial charge in [-0.05, 0) is 64.3 Å². The Kier molecular flexibility index (Phi) is 4.81. The molecule has 1 fully saturated rings. The van der Waals surface area contributed by atoms with Crippen LogP contribution in [0, 0.1) is 6.92 Å². The van der Waals surface area contributed by atoms with Crippen LogP contribution in [0.3, 0.4) is 0 Å². The van der Waals surface area contributed by atoms with Gasteiger partial charge >= 0.3 is 0 Å². The molecule has 1 heterocycles. The number of aryl methyl sites for hydroxylation is 1. The third-order valence-electron chi connectivity index (χ3n) is 3.53. The van der Waals surface area contributed by atoms with Crippen LogP contribution in [-0.2, 0) is 20.0 Å². The van der Waals surface area contributed by atoms with Crippen LogP contribution >= 0.6 is 0 Å². The molecule has 0 unspecified atom stereocenters. The molecule has 1 aromatic rings. The molecule has 0 bridgehead atoms. The monoisotopic (exact) mass is 360 g/mol. The smallest absolute Gasteiger partial charge is 0.241 e. The minimum atomic E-state index is -3.64. The molecule has 6 nitrogen and oxygen atoms in total. The van der Waals surface area contributed by atoms with Crippen LogP contribution in [0.25, 0.3) is 0 Å². The molecule has 0 aromatic heterocycles. The van der Waals surface area contributed by atoms with Gasteiger partial charge in [0.05, 0.1) is 16.3 Å². The number of hydrogen-bond acceptors (Lipinski definition) is 4. The van der Waals surface area contributed by atoms with E-state index >= 15 is 0 Å². The molecular weight excluding hydrogens is 336 g/mol. The second-order valence-corrected chi connectivity index (χ2v) is 10.6. The first-order chi connectivity index (χ1) is 10.4. The lowest BCUT2D eigenvalue weighted by Gasteiger charge is -2.29. The van der Waals surface area contributed by atoms with E-state index in [4.69, 9.17) is 0 Å². The van der Waals surface area contributed by atoms with E-state index < -0.39 is 25.6 Å². The van der Waals surface area contributed by atoms with Crippen molar-refractivity contribution in [2.24, 2.45) is 0 Å². The summed E-state index contributed by atoms with van der Waals surface area (Å²) in [4.78, 5) is 0.172. The van der Waals surface area contributed by atoms with Gasteiger partial charge in [-0.2, -0.15) is 0 Å². The van der Waals surface area contributed by atoms with Crippen molar-refractivity contribution in [3.8, 4) is 0 Å². The number of nitrogens with zero attached hydrogens (tertiary/aromatic N) is 1. The summed E-state index contributed by atoms with van der Waals surface area (Å²) in [6.07, 6.45) is 1.48. The average Bonchev–Trinajstić information content (AvgIpc) is 2.34. The first-order valence-electron chi connectivity index (χ1n) is 7.57. The Hall–Kier alpha value is -1.12. The molecule has 2 rings (SSSR count). The molecule has 0 saturated carbocycles. The Morgan fingerprint density at radius 3 is 2.35 bits per heavy atom. The molecule has 23 heavy (non-hydrogen) atoms. The first kappa shape index (κ1) is 18.2. The maximum Gasteiger partial charge on any atom is 0.241 e. The second-order valence-electron chi connectivity index (χ2n) is 6.90. The van der Waals surface area contributed by atoms with Crippen LogP contribution in [0.5, 0.6) is 0 Å². The van der Waals surface area contributed by atoms with Gasteiger partial charge in [-0.1, -0.05) is 0 Å². The molecule has 1 N–H and O–H groups in total. The van der Waals surface area contributed by atoms with Gasteiger partial charge in [-0.25, -0.2) is 21.6 Å². The SMILES string of the molecule is Cc1cc(N2CCCCS2(=O)=O)ccc1S(=O)(=O)NC(C)(C)C.